The SMILES string of the molecule is CC(CC(=O)NC(c1ccccc1)C1CCC1)C1CCCNC1. The molecule has 3 nitrogen and oxygen atoms in total. The molecule has 1 aromatic carbocycles. The lowest BCUT2D eigenvalue weighted by atomic mass is 9.77. The summed E-state index contributed by atoms with van der Waals surface area (Å²) in [4.78, 5) is 12.6. The van der Waals surface area contributed by atoms with Crippen molar-refractivity contribution in [3.63, 3.8) is 0 Å². The number of carbonyl (C=O) groups excluding carboxylic acids is 1. The van der Waals surface area contributed by atoms with Gasteiger partial charge in [0.2, 0.25) is 5.91 Å². The summed E-state index contributed by atoms with van der Waals surface area (Å²) in [7, 11) is 0. The fraction of sp³-hybridized carbons (Fsp3) is 0.650. The quantitative estimate of drug-likeness (QED) is 0.841. The van der Waals surface area contributed by atoms with Crippen LogP contribution in [0.15, 0.2) is 30.3 Å². The predicted molar refractivity (Wildman–Crippen MR) is 94.0 cm³/mol. The summed E-state index contributed by atoms with van der Waals surface area (Å²) in [6.45, 7) is 4.44. The van der Waals surface area contributed by atoms with Crippen LogP contribution >= 0.6 is 0 Å². The van der Waals surface area contributed by atoms with Crippen LogP contribution in [0, 0.1) is 17.8 Å². The number of carbonyl (C=O) groups is 1. The van der Waals surface area contributed by atoms with E-state index in [1.807, 2.05) is 6.07 Å². The molecule has 1 aliphatic heterocycles. The maximum absolute atomic E-state index is 12.6. The van der Waals surface area contributed by atoms with E-state index in [4.69, 9.17) is 0 Å². The molecular weight excluding hydrogens is 284 g/mol. The molecule has 1 saturated carbocycles. The van der Waals surface area contributed by atoms with Crippen molar-refractivity contribution >= 4 is 5.91 Å². The minimum absolute atomic E-state index is 0.203. The van der Waals surface area contributed by atoms with Crippen LogP contribution < -0.4 is 10.6 Å². The van der Waals surface area contributed by atoms with Crippen molar-refractivity contribution in [3.8, 4) is 0 Å². The van der Waals surface area contributed by atoms with E-state index in [0.29, 0.717) is 24.2 Å². The summed E-state index contributed by atoms with van der Waals surface area (Å²) in [6.07, 6.45) is 6.93. The largest absolute Gasteiger partial charge is 0.349 e. The highest BCUT2D eigenvalue weighted by Crippen LogP contribution is 2.37. The van der Waals surface area contributed by atoms with E-state index < -0.39 is 0 Å². The van der Waals surface area contributed by atoms with Gasteiger partial charge in [0.1, 0.15) is 0 Å². The van der Waals surface area contributed by atoms with Crippen LogP contribution in [0.5, 0.6) is 0 Å². The van der Waals surface area contributed by atoms with E-state index in [-0.39, 0.29) is 11.9 Å². The molecule has 2 N–H and O–H groups in total. The van der Waals surface area contributed by atoms with E-state index in [1.165, 1.54) is 37.7 Å². The molecule has 23 heavy (non-hydrogen) atoms. The Bertz CT molecular complexity index is 492. The first-order valence-corrected chi connectivity index (χ1v) is 9.29. The summed E-state index contributed by atoms with van der Waals surface area (Å²) in [5.74, 6) is 1.95. The second kappa shape index (κ2) is 7.96. The highest BCUT2D eigenvalue weighted by atomic mass is 16.1. The molecule has 1 aliphatic carbocycles. The molecule has 3 atom stereocenters. The van der Waals surface area contributed by atoms with Crippen molar-refractivity contribution in [2.45, 2.75) is 51.5 Å². The van der Waals surface area contributed by atoms with Gasteiger partial charge in [0.15, 0.2) is 0 Å². The summed E-state index contributed by atoms with van der Waals surface area (Å²) >= 11 is 0. The Morgan fingerprint density at radius 3 is 2.52 bits per heavy atom. The van der Waals surface area contributed by atoms with Gasteiger partial charge in [-0.3, -0.25) is 4.79 Å². The third-order valence-corrected chi connectivity index (χ3v) is 5.74. The number of amides is 1. The molecule has 3 rings (SSSR count). The van der Waals surface area contributed by atoms with Crippen LogP contribution in [0.3, 0.4) is 0 Å². The first-order chi connectivity index (χ1) is 11.2. The third kappa shape index (κ3) is 4.35. The zero-order valence-electron chi connectivity index (χ0n) is 14.3. The molecule has 0 radical (unpaired) electrons. The highest BCUT2D eigenvalue weighted by Gasteiger charge is 2.30. The van der Waals surface area contributed by atoms with Crippen LogP contribution in [0.1, 0.15) is 57.1 Å². The van der Waals surface area contributed by atoms with Gasteiger partial charge >= 0.3 is 0 Å². The summed E-state index contributed by atoms with van der Waals surface area (Å²) in [6, 6.07) is 10.7. The number of rotatable bonds is 6. The lowest BCUT2D eigenvalue weighted by Crippen LogP contribution is -2.39. The Labute approximate surface area is 140 Å². The van der Waals surface area contributed by atoms with Crippen LogP contribution in [-0.4, -0.2) is 19.0 Å². The van der Waals surface area contributed by atoms with E-state index >= 15 is 0 Å². The van der Waals surface area contributed by atoms with Crippen LogP contribution in [0.2, 0.25) is 0 Å². The predicted octanol–water partition coefficient (Wildman–Crippen LogP) is 3.67. The molecule has 3 heteroatoms. The molecule has 1 amide bonds. The minimum Gasteiger partial charge on any atom is -0.349 e. The smallest absolute Gasteiger partial charge is 0.220 e. The topological polar surface area (TPSA) is 41.1 Å². The second-order valence-electron chi connectivity index (χ2n) is 7.43. The van der Waals surface area contributed by atoms with Gasteiger partial charge in [-0.25, -0.2) is 0 Å². The normalized spacial score (nSPS) is 24.5. The summed E-state index contributed by atoms with van der Waals surface area (Å²) in [5.41, 5.74) is 1.26. The maximum atomic E-state index is 12.6. The molecule has 1 heterocycles. The molecule has 2 fully saturated rings. The Morgan fingerprint density at radius 1 is 1.17 bits per heavy atom. The Morgan fingerprint density at radius 2 is 1.91 bits per heavy atom. The van der Waals surface area contributed by atoms with Gasteiger partial charge in [0.25, 0.3) is 0 Å². The third-order valence-electron chi connectivity index (χ3n) is 5.74. The van der Waals surface area contributed by atoms with Gasteiger partial charge in [0, 0.05) is 6.42 Å². The second-order valence-corrected chi connectivity index (χ2v) is 7.43. The van der Waals surface area contributed by atoms with Crippen LogP contribution in [-0.2, 0) is 4.79 Å². The lowest BCUT2D eigenvalue weighted by Gasteiger charge is -2.35. The first-order valence-electron chi connectivity index (χ1n) is 9.29. The Balaban J connectivity index is 1.57. The molecule has 126 valence electrons. The molecule has 1 saturated heterocycles. The molecule has 1 aromatic rings. The first kappa shape index (κ1) is 16.5. The molecule has 0 bridgehead atoms. The van der Waals surface area contributed by atoms with Crippen molar-refractivity contribution in [3.05, 3.63) is 35.9 Å². The minimum atomic E-state index is 0.203. The van der Waals surface area contributed by atoms with Gasteiger partial charge < -0.3 is 10.6 Å². The Hall–Kier alpha value is -1.35. The Kier molecular flexibility index (Phi) is 5.71. The number of nitrogens with one attached hydrogen (secondary N) is 2. The number of hydrogen-bond acceptors (Lipinski definition) is 2. The van der Waals surface area contributed by atoms with E-state index in [0.717, 1.165) is 13.1 Å². The van der Waals surface area contributed by atoms with Crippen LogP contribution in [0.4, 0.5) is 0 Å². The van der Waals surface area contributed by atoms with Crippen molar-refractivity contribution in [2.75, 3.05) is 13.1 Å². The monoisotopic (exact) mass is 314 g/mol. The molecule has 0 spiro atoms. The van der Waals surface area contributed by atoms with Gasteiger partial charge in [-0.05, 0) is 62.1 Å². The maximum Gasteiger partial charge on any atom is 0.220 e. The van der Waals surface area contributed by atoms with Crippen molar-refractivity contribution in [2.24, 2.45) is 17.8 Å². The van der Waals surface area contributed by atoms with Crippen molar-refractivity contribution in [1.29, 1.82) is 0 Å². The zero-order chi connectivity index (χ0) is 16.1. The van der Waals surface area contributed by atoms with Crippen molar-refractivity contribution in [1.82, 2.24) is 10.6 Å². The van der Waals surface area contributed by atoms with E-state index in [2.05, 4.69) is 41.8 Å². The number of hydrogen-bond donors (Lipinski definition) is 2. The van der Waals surface area contributed by atoms with Gasteiger partial charge in [-0.1, -0.05) is 43.7 Å². The number of benzene rings is 1. The van der Waals surface area contributed by atoms with Crippen LogP contribution in [0.25, 0.3) is 0 Å². The molecule has 3 unspecified atom stereocenters. The summed E-state index contributed by atoms with van der Waals surface area (Å²) in [5, 5.41) is 6.81. The standard InChI is InChI=1S/C20H30N2O/c1-15(18-11-6-12-21-14-18)13-19(23)22-20(17-9-5-10-17)16-7-3-2-4-8-16/h2-4,7-8,15,17-18,20-21H,5-6,9-14H2,1H3,(H,22,23). The highest BCUT2D eigenvalue weighted by molar-refractivity contribution is 5.76. The lowest BCUT2D eigenvalue weighted by molar-refractivity contribution is -0.123. The average Bonchev–Trinajstić information content (AvgIpc) is 2.54. The molecule has 2 aliphatic rings. The average molecular weight is 314 g/mol. The van der Waals surface area contributed by atoms with E-state index in [1.54, 1.807) is 0 Å². The molecular formula is C20H30N2O. The van der Waals surface area contributed by atoms with Gasteiger partial charge in [-0.2, -0.15) is 0 Å². The van der Waals surface area contributed by atoms with Gasteiger partial charge in [0.05, 0.1) is 6.04 Å². The van der Waals surface area contributed by atoms with E-state index in [9.17, 15) is 4.79 Å². The van der Waals surface area contributed by atoms with Crippen molar-refractivity contribution < 1.29 is 4.79 Å². The fourth-order valence-corrected chi connectivity index (χ4v) is 3.96. The van der Waals surface area contributed by atoms with Gasteiger partial charge in [-0.15, -0.1) is 0 Å². The number of piperidine rings is 1. The zero-order valence-corrected chi connectivity index (χ0v) is 14.3. The fourth-order valence-electron chi connectivity index (χ4n) is 3.96. The summed E-state index contributed by atoms with van der Waals surface area (Å²) < 4.78 is 0. The molecule has 0 aromatic heterocycles.